The van der Waals surface area contributed by atoms with Gasteiger partial charge in [0.15, 0.2) is 0 Å². The summed E-state index contributed by atoms with van der Waals surface area (Å²) < 4.78 is 4.71. The van der Waals surface area contributed by atoms with Gasteiger partial charge in [0.25, 0.3) is 0 Å². The average molecular weight is 176 g/mol. The highest BCUT2D eigenvalue weighted by Crippen LogP contribution is 2.05. The normalized spacial score (nSPS) is 9.08. The van der Waals surface area contributed by atoms with Crippen LogP contribution in [0, 0.1) is 0 Å². The molecule has 0 aromatic rings. The number of aldehydes is 1. The first-order valence-electron chi connectivity index (χ1n) is 3.46. The van der Waals surface area contributed by atoms with Crippen LogP contribution in [0.1, 0.15) is 27.7 Å². The van der Waals surface area contributed by atoms with Gasteiger partial charge in [0.2, 0.25) is 0 Å². The second kappa shape index (κ2) is 6.60. The van der Waals surface area contributed by atoms with Crippen LogP contribution in [0.15, 0.2) is 0 Å². The summed E-state index contributed by atoms with van der Waals surface area (Å²) >= 11 is 0. The van der Waals surface area contributed by atoms with Crippen molar-refractivity contribution in [2.24, 2.45) is 5.84 Å². The molecule has 72 valence electrons. The van der Waals surface area contributed by atoms with E-state index in [9.17, 15) is 4.79 Å². The Balaban J connectivity index is 0. The lowest BCUT2D eigenvalue weighted by Crippen LogP contribution is -2.36. The fraction of sp³-hybridized carbons (Fsp3) is 0.714. The van der Waals surface area contributed by atoms with E-state index in [4.69, 9.17) is 15.4 Å². The van der Waals surface area contributed by atoms with Gasteiger partial charge in [0.1, 0.15) is 11.9 Å². The van der Waals surface area contributed by atoms with Gasteiger partial charge in [-0.3, -0.25) is 5.43 Å². The Hall–Kier alpha value is -1.10. The van der Waals surface area contributed by atoms with Gasteiger partial charge in [-0.15, -0.1) is 0 Å². The number of nitrogens with one attached hydrogen (secondary N) is 1. The monoisotopic (exact) mass is 176 g/mol. The predicted octanol–water partition coefficient (Wildman–Crippen LogP) is 0.590. The van der Waals surface area contributed by atoms with Crippen LogP contribution in [-0.2, 0) is 9.53 Å². The van der Waals surface area contributed by atoms with E-state index < -0.39 is 11.7 Å². The first-order valence-corrected chi connectivity index (χ1v) is 3.46. The number of hydrazine groups is 1. The van der Waals surface area contributed by atoms with Gasteiger partial charge in [0.05, 0.1) is 0 Å². The molecule has 0 aliphatic heterocycles. The smallest absolute Gasteiger partial charge is 0.421 e. The van der Waals surface area contributed by atoms with Crippen LogP contribution < -0.4 is 11.3 Å². The summed E-state index contributed by atoms with van der Waals surface area (Å²) in [5, 5.41) is 0. The summed E-state index contributed by atoms with van der Waals surface area (Å²) in [6.45, 7) is 6.74. The Labute approximate surface area is 72.2 Å². The van der Waals surface area contributed by atoms with E-state index in [-0.39, 0.29) is 0 Å². The van der Waals surface area contributed by atoms with E-state index in [0.29, 0.717) is 0 Å². The van der Waals surface area contributed by atoms with Gasteiger partial charge in [-0.25, -0.2) is 10.6 Å². The predicted molar refractivity (Wildman–Crippen MR) is 45.3 cm³/mol. The first kappa shape index (κ1) is 13.5. The number of amides is 1. The van der Waals surface area contributed by atoms with Crippen LogP contribution in [0.2, 0.25) is 0 Å². The molecule has 0 saturated carbocycles. The van der Waals surface area contributed by atoms with Gasteiger partial charge >= 0.3 is 6.09 Å². The second-order valence-corrected chi connectivity index (χ2v) is 2.88. The van der Waals surface area contributed by atoms with Gasteiger partial charge in [-0.05, 0) is 27.7 Å². The molecular formula is C7H16N2O3. The fourth-order valence-corrected chi connectivity index (χ4v) is 0.308. The average Bonchev–Trinajstić information content (AvgIpc) is 1.86. The Morgan fingerprint density at radius 2 is 1.83 bits per heavy atom. The van der Waals surface area contributed by atoms with Crippen molar-refractivity contribution in [2.45, 2.75) is 33.3 Å². The van der Waals surface area contributed by atoms with Crippen molar-refractivity contribution in [1.82, 2.24) is 5.43 Å². The van der Waals surface area contributed by atoms with Crippen LogP contribution in [0.5, 0.6) is 0 Å². The number of ether oxygens (including phenoxy) is 1. The Bertz CT molecular complexity index is 140. The molecule has 0 aromatic heterocycles. The fourth-order valence-electron chi connectivity index (χ4n) is 0.308. The zero-order valence-electron chi connectivity index (χ0n) is 7.88. The molecule has 0 bridgehead atoms. The Kier molecular flexibility index (Phi) is 7.42. The van der Waals surface area contributed by atoms with Gasteiger partial charge in [0, 0.05) is 0 Å². The van der Waals surface area contributed by atoms with Crippen molar-refractivity contribution in [3.8, 4) is 0 Å². The zero-order valence-corrected chi connectivity index (χ0v) is 7.88. The molecule has 0 rings (SSSR count). The maximum Gasteiger partial charge on any atom is 0.421 e. The molecule has 0 aliphatic rings. The second-order valence-electron chi connectivity index (χ2n) is 2.88. The summed E-state index contributed by atoms with van der Waals surface area (Å²) in [6, 6.07) is 0. The summed E-state index contributed by atoms with van der Waals surface area (Å²) in [5.74, 6) is 4.75. The molecule has 0 aromatic carbocycles. The highest BCUT2D eigenvalue weighted by molar-refractivity contribution is 5.66. The summed E-state index contributed by atoms with van der Waals surface area (Å²) in [6.07, 6.45) is 0.141. The topological polar surface area (TPSA) is 81.4 Å². The molecule has 12 heavy (non-hydrogen) atoms. The van der Waals surface area contributed by atoms with Crippen molar-refractivity contribution in [3.05, 3.63) is 0 Å². The van der Waals surface area contributed by atoms with E-state index in [2.05, 4.69) is 0 Å². The van der Waals surface area contributed by atoms with Crippen molar-refractivity contribution in [1.29, 1.82) is 0 Å². The Morgan fingerprint density at radius 3 is 1.92 bits per heavy atom. The third-order valence-corrected chi connectivity index (χ3v) is 0.517. The van der Waals surface area contributed by atoms with Crippen molar-refractivity contribution < 1.29 is 14.3 Å². The minimum atomic E-state index is -0.609. The highest BCUT2D eigenvalue weighted by Gasteiger charge is 2.14. The van der Waals surface area contributed by atoms with E-state index in [0.717, 1.165) is 6.29 Å². The largest absolute Gasteiger partial charge is 0.443 e. The number of hydrogen-bond acceptors (Lipinski definition) is 4. The SMILES string of the molecule is CC(C)(C)OC(=O)NN.CC=O. The minimum Gasteiger partial charge on any atom is -0.443 e. The Morgan fingerprint density at radius 1 is 1.50 bits per heavy atom. The molecule has 1 amide bonds. The van der Waals surface area contributed by atoms with Crippen LogP contribution in [0.3, 0.4) is 0 Å². The van der Waals surface area contributed by atoms with E-state index in [1.54, 1.807) is 20.8 Å². The third kappa shape index (κ3) is 16.0. The number of carbonyl (C=O) groups excluding carboxylic acids is 2. The van der Waals surface area contributed by atoms with Gasteiger partial charge < -0.3 is 9.53 Å². The van der Waals surface area contributed by atoms with E-state index in [1.807, 2.05) is 5.43 Å². The van der Waals surface area contributed by atoms with Crippen LogP contribution in [-0.4, -0.2) is 18.0 Å². The molecule has 0 heterocycles. The molecule has 0 fully saturated rings. The molecular weight excluding hydrogens is 160 g/mol. The summed E-state index contributed by atoms with van der Waals surface area (Å²) in [7, 11) is 0. The number of carbonyl (C=O) groups is 2. The number of hydrogen-bond donors (Lipinski definition) is 2. The number of nitrogens with two attached hydrogens (primary N) is 1. The lowest BCUT2D eigenvalue weighted by Gasteiger charge is -2.18. The standard InChI is InChI=1S/C5H12N2O2.C2H4O/c1-5(2,3)9-4(8)7-6;1-2-3/h6H2,1-3H3,(H,7,8);2H,1H3. The first-order chi connectivity index (χ1) is 5.37. The zero-order chi connectivity index (χ0) is 10.2. The summed E-state index contributed by atoms with van der Waals surface area (Å²) in [4.78, 5) is 19.2. The molecule has 0 spiro atoms. The molecule has 5 nitrogen and oxygen atoms in total. The molecule has 0 unspecified atom stereocenters. The number of rotatable bonds is 0. The van der Waals surface area contributed by atoms with Gasteiger partial charge in [-0.1, -0.05) is 0 Å². The highest BCUT2D eigenvalue weighted by atomic mass is 16.6. The van der Waals surface area contributed by atoms with Crippen molar-refractivity contribution in [2.75, 3.05) is 0 Å². The molecule has 0 saturated heterocycles. The lowest BCUT2D eigenvalue weighted by atomic mass is 10.2. The lowest BCUT2D eigenvalue weighted by molar-refractivity contribution is -0.106. The van der Waals surface area contributed by atoms with Gasteiger partial charge in [-0.2, -0.15) is 0 Å². The van der Waals surface area contributed by atoms with Crippen LogP contribution in [0.4, 0.5) is 4.79 Å². The molecule has 0 atom stereocenters. The molecule has 0 aliphatic carbocycles. The maximum absolute atomic E-state index is 10.4. The third-order valence-electron chi connectivity index (χ3n) is 0.517. The van der Waals surface area contributed by atoms with E-state index in [1.165, 1.54) is 6.92 Å². The minimum absolute atomic E-state index is 0.469. The van der Waals surface area contributed by atoms with Crippen molar-refractivity contribution in [3.63, 3.8) is 0 Å². The molecule has 3 N–H and O–H groups in total. The van der Waals surface area contributed by atoms with Crippen molar-refractivity contribution >= 4 is 12.4 Å². The quantitative estimate of drug-likeness (QED) is 0.245. The van der Waals surface area contributed by atoms with E-state index >= 15 is 0 Å². The van der Waals surface area contributed by atoms with Crippen LogP contribution in [0.25, 0.3) is 0 Å². The molecule has 5 heteroatoms. The maximum atomic E-state index is 10.4. The summed E-state index contributed by atoms with van der Waals surface area (Å²) in [5.41, 5.74) is 1.39. The molecule has 0 radical (unpaired) electrons. The van der Waals surface area contributed by atoms with Crippen LogP contribution >= 0.6 is 0 Å².